The molecule has 0 atom stereocenters. The molecule has 1 rings (SSSR count). The van der Waals surface area contributed by atoms with Crippen molar-refractivity contribution < 1.29 is 33.6 Å². The molecule has 0 aliphatic rings. The minimum atomic E-state index is -1.10. The summed E-state index contributed by atoms with van der Waals surface area (Å²) in [6.45, 7) is 4.25. The Balaban J connectivity index is 3.18. The van der Waals surface area contributed by atoms with Gasteiger partial charge in [0, 0.05) is 0 Å². The number of hydrogen-bond acceptors (Lipinski definition) is 7. The van der Waals surface area contributed by atoms with Gasteiger partial charge < -0.3 is 24.1 Å². The Kier molecular flexibility index (Phi) is 7.18. The average molecular weight is 326 g/mol. The molecule has 0 unspecified atom stereocenters. The van der Waals surface area contributed by atoms with Crippen molar-refractivity contribution in [2.45, 2.75) is 20.3 Å². The number of carbonyl (C=O) groups excluding carboxylic acids is 2. The van der Waals surface area contributed by atoms with Crippen molar-refractivity contribution in [1.82, 2.24) is 0 Å². The smallest absolute Gasteiger partial charge is 0.320 e. The van der Waals surface area contributed by atoms with Crippen LogP contribution in [0, 0.1) is 5.92 Å². The molecule has 1 N–H and O–H groups in total. The van der Waals surface area contributed by atoms with Crippen LogP contribution >= 0.6 is 0 Å². The van der Waals surface area contributed by atoms with Crippen LogP contribution in [-0.4, -0.2) is 44.5 Å². The number of rotatable bonds is 8. The number of phenols is 1. The summed E-state index contributed by atoms with van der Waals surface area (Å²) < 4.78 is 20.0. The largest absolute Gasteiger partial charge is 0.502 e. The number of methoxy groups -OCH3 is 2. The molecular formula is C16H22O7. The van der Waals surface area contributed by atoms with Crippen LogP contribution in [0.25, 0.3) is 0 Å². The zero-order valence-corrected chi connectivity index (χ0v) is 13.8. The third-order valence-electron chi connectivity index (χ3n) is 3.11. The minimum Gasteiger partial charge on any atom is -0.502 e. The van der Waals surface area contributed by atoms with Gasteiger partial charge in [0.15, 0.2) is 17.4 Å². The van der Waals surface area contributed by atoms with E-state index in [-0.39, 0.29) is 23.7 Å². The highest BCUT2D eigenvalue weighted by Crippen LogP contribution is 2.38. The van der Waals surface area contributed by atoms with E-state index in [9.17, 15) is 14.7 Å². The van der Waals surface area contributed by atoms with Crippen molar-refractivity contribution in [3.8, 4) is 17.2 Å². The molecule has 0 aliphatic carbocycles. The van der Waals surface area contributed by atoms with Crippen molar-refractivity contribution in [1.29, 1.82) is 0 Å². The lowest BCUT2D eigenvalue weighted by Crippen LogP contribution is -2.28. The summed E-state index contributed by atoms with van der Waals surface area (Å²) in [5.41, 5.74) is 0.579. The fourth-order valence-electron chi connectivity index (χ4n) is 2.07. The van der Waals surface area contributed by atoms with Gasteiger partial charge in [-0.3, -0.25) is 9.59 Å². The van der Waals surface area contributed by atoms with Gasteiger partial charge in [-0.25, -0.2) is 0 Å². The van der Waals surface area contributed by atoms with Gasteiger partial charge in [0.05, 0.1) is 27.4 Å². The van der Waals surface area contributed by atoms with Crippen LogP contribution in [0.4, 0.5) is 0 Å². The quantitative estimate of drug-likeness (QED) is 0.574. The number of carbonyl (C=O) groups is 2. The Morgan fingerprint density at radius 3 is 1.78 bits per heavy atom. The molecule has 0 saturated heterocycles. The van der Waals surface area contributed by atoms with Crippen molar-refractivity contribution in [2.75, 3.05) is 27.4 Å². The number of ether oxygens (including phenoxy) is 4. The molecule has 7 nitrogen and oxygen atoms in total. The fourth-order valence-corrected chi connectivity index (χ4v) is 2.07. The molecule has 1 aromatic rings. The predicted molar refractivity (Wildman–Crippen MR) is 81.7 cm³/mol. The Bertz CT molecular complexity index is 510. The van der Waals surface area contributed by atoms with Gasteiger partial charge in [0.25, 0.3) is 0 Å². The number of esters is 2. The van der Waals surface area contributed by atoms with Gasteiger partial charge >= 0.3 is 11.9 Å². The third kappa shape index (κ3) is 4.77. The molecule has 0 bridgehead atoms. The zero-order chi connectivity index (χ0) is 17.4. The van der Waals surface area contributed by atoms with Crippen LogP contribution in [-0.2, 0) is 25.5 Å². The highest BCUT2D eigenvalue weighted by atomic mass is 16.5. The summed E-state index contributed by atoms with van der Waals surface area (Å²) in [5.74, 6) is -2.16. The first-order chi connectivity index (χ1) is 11.0. The molecule has 1 aromatic carbocycles. The van der Waals surface area contributed by atoms with Gasteiger partial charge in [0.1, 0.15) is 0 Å². The topological polar surface area (TPSA) is 91.3 Å². The third-order valence-corrected chi connectivity index (χ3v) is 3.11. The van der Waals surface area contributed by atoms with E-state index in [0.29, 0.717) is 18.8 Å². The van der Waals surface area contributed by atoms with Crippen molar-refractivity contribution in [2.24, 2.45) is 5.92 Å². The van der Waals surface area contributed by atoms with Crippen LogP contribution in [0.2, 0.25) is 0 Å². The molecule has 7 heteroatoms. The molecular weight excluding hydrogens is 304 g/mol. The first-order valence-electron chi connectivity index (χ1n) is 7.25. The van der Waals surface area contributed by atoms with Gasteiger partial charge in [-0.2, -0.15) is 0 Å². The number of phenolic OH excluding ortho intramolecular Hbond substituents is 1. The summed E-state index contributed by atoms with van der Waals surface area (Å²) in [5, 5.41) is 10.1. The minimum absolute atomic E-state index is 0.0414. The summed E-state index contributed by atoms with van der Waals surface area (Å²) in [6.07, 6.45) is 0.0414. The van der Waals surface area contributed by atoms with E-state index in [1.165, 1.54) is 14.2 Å². The van der Waals surface area contributed by atoms with Crippen LogP contribution in [0.3, 0.4) is 0 Å². The molecule has 0 saturated carbocycles. The summed E-state index contributed by atoms with van der Waals surface area (Å²) in [7, 11) is 2.40. The maximum Gasteiger partial charge on any atom is 0.320 e. The molecule has 0 spiro atoms. The van der Waals surface area contributed by atoms with Gasteiger partial charge in [0.2, 0.25) is 5.75 Å². The Hall–Kier alpha value is -2.44. The fraction of sp³-hybridized carbons (Fsp3) is 0.500. The maximum absolute atomic E-state index is 11.8. The second-order valence-corrected chi connectivity index (χ2v) is 4.61. The van der Waals surface area contributed by atoms with Gasteiger partial charge in [-0.1, -0.05) is 0 Å². The van der Waals surface area contributed by atoms with Crippen molar-refractivity contribution in [3.63, 3.8) is 0 Å². The zero-order valence-electron chi connectivity index (χ0n) is 13.8. The Morgan fingerprint density at radius 2 is 1.43 bits per heavy atom. The lowest BCUT2D eigenvalue weighted by atomic mass is 9.98. The molecule has 0 amide bonds. The Morgan fingerprint density at radius 1 is 1.00 bits per heavy atom. The molecule has 0 heterocycles. The van der Waals surface area contributed by atoms with Crippen LogP contribution in [0.5, 0.6) is 17.2 Å². The number of aromatic hydroxyl groups is 1. The second-order valence-electron chi connectivity index (χ2n) is 4.61. The Labute approximate surface area is 135 Å². The molecule has 0 aromatic heterocycles. The van der Waals surface area contributed by atoms with Gasteiger partial charge in [-0.15, -0.1) is 0 Å². The highest BCUT2D eigenvalue weighted by Gasteiger charge is 2.29. The molecule has 23 heavy (non-hydrogen) atoms. The van der Waals surface area contributed by atoms with E-state index in [1.807, 2.05) is 0 Å². The van der Waals surface area contributed by atoms with Crippen LogP contribution in [0.15, 0.2) is 12.1 Å². The standard InChI is InChI=1S/C16H22O7/c1-5-22-12-8-10(9-13(14(12)17)23-6-2)7-11(15(18)20-3)16(19)21-4/h8-9,11,17H,5-7H2,1-4H3. The van der Waals surface area contributed by atoms with Crippen molar-refractivity contribution >= 4 is 11.9 Å². The van der Waals surface area contributed by atoms with E-state index in [0.717, 1.165) is 0 Å². The first-order valence-corrected chi connectivity index (χ1v) is 7.25. The number of benzene rings is 1. The normalized spacial score (nSPS) is 10.3. The van der Waals surface area contributed by atoms with Crippen LogP contribution < -0.4 is 9.47 Å². The first kappa shape index (κ1) is 18.6. The van der Waals surface area contributed by atoms with E-state index in [2.05, 4.69) is 9.47 Å². The van der Waals surface area contributed by atoms with E-state index >= 15 is 0 Å². The molecule has 0 radical (unpaired) electrons. The van der Waals surface area contributed by atoms with Gasteiger partial charge in [-0.05, 0) is 38.0 Å². The summed E-state index contributed by atoms with van der Waals surface area (Å²) >= 11 is 0. The molecule has 0 fully saturated rings. The van der Waals surface area contributed by atoms with E-state index in [4.69, 9.17) is 9.47 Å². The second kappa shape index (κ2) is 8.87. The predicted octanol–water partition coefficient (Wildman–Crippen LogP) is 1.69. The number of hydrogen-bond donors (Lipinski definition) is 1. The molecule has 0 aliphatic heterocycles. The maximum atomic E-state index is 11.8. The summed E-state index contributed by atoms with van der Waals surface area (Å²) in [6, 6.07) is 3.11. The lowest BCUT2D eigenvalue weighted by Gasteiger charge is -2.16. The molecule has 128 valence electrons. The summed E-state index contributed by atoms with van der Waals surface area (Å²) in [4.78, 5) is 23.5. The lowest BCUT2D eigenvalue weighted by molar-refractivity contribution is -0.158. The van der Waals surface area contributed by atoms with E-state index in [1.54, 1.807) is 26.0 Å². The SMILES string of the molecule is CCOc1cc(CC(C(=O)OC)C(=O)OC)cc(OCC)c1O. The highest BCUT2D eigenvalue weighted by molar-refractivity contribution is 5.95. The monoisotopic (exact) mass is 326 g/mol. The average Bonchev–Trinajstić information content (AvgIpc) is 2.55. The van der Waals surface area contributed by atoms with Crippen molar-refractivity contribution in [3.05, 3.63) is 17.7 Å². The van der Waals surface area contributed by atoms with E-state index < -0.39 is 17.9 Å². The van der Waals surface area contributed by atoms with Crippen LogP contribution in [0.1, 0.15) is 19.4 Å².